The molecule has 1 N–H and O–H groups in total. The number of nitrogens with zero attached hydrogens (tertiary/aromatic N) is 3. The van der Waals surface area contributed by atoms with Crippen molar-refractivity contribution in [1.29, 1.82) is 0 Å². The van der Waals surface area contributed by atoms with Crippen LogP contribution in [0.25, 0.3) is 0 Å². The number of halogens is 2. The standard InChI is InChI=1S/C18H14ClFN4O3/c1-11-8-17(21-18(25)14-4-2-3-5-16(14)24(26)27)22-23(11)10-12-6-7-13(20)9-15(12)19/h2-9H,10H2,1H3,(H,21,22,25). The van der Waals surface area contributed by atoms with Gasteiger partial charge in [-0.15, -0.1) is 0 Å². The Kier molecular flexibility index (Phi) is 5.18. The van der Waals surface area contributed by atoms with E-state index in [4.69, 9.17) is 11.6 Å². The first-order valence-corrected chi connectivity index (χ1v) is 8.26. The van der Waals surface area contributed by atoms with Crippen molar-refractivity contribution in [3.05, 3.63) is 86.3 Å². The lowest BCUT2D eigenvalue weighted by molar-refractivity contribution is -0.385. The summed E-state index contributed by atoms with van der Waals surface area (Å²) < 4.78 is 14.8. The largest absolute Gasteiger partial charge is 0.305 e. The van der Waals surface area contributed by atoms with Crippen LogP contribution in [0.3, 0.4) is 0 Å². The Bertz CT molecular complexity index is 1040. The van der Waals surface area contributed by atoms with Crippen molar-refractivity contribution < 1.29 is 14.1 Å². The number of nitrogens with one attached hydrogen (secondary N) is 1. The number of carbonyl (C=O) groups is 1. The second-order valence-electron chi connectivity index (χ2n) is 5.79. The number of rotatable bonds is 5. The summed E-state index contributed by atoms with van der Waals surface area (Å²) in [5.41, 5.74) is 1.05. The minimum Gasteiger partial charge on any atom is -0.305 e. The van der Waals surface area contributed by atoms with Gasteiger partial charge in [-0.05, 0) is 30.7 Å². The summed E-state index contributed by atoms with van der Waals surface area (Å²) in [4.78, 5) is 22.8. The van der Waals surface area contributed by atoms with Crippen LogP contribution >= 0.6 is 11.6 Å². The normalized spacial score (nSPS) is 10.6. The number of nitro groups is 1. The minimum atomic E-state index is -0.633. The molecule has 0 fully saturated rings. The quantitative estimate of drug-likeness (QED) is 0.524. The van der Waals surface area contributed by atoms with Gasteiger partial charge in [-0.25, -0.2) is 4.39 Å². The lowest BCUT2D eigenvalue weighted by Crippen LogP contribution is -2.14. The Hall–Kier alpha value is -3.26. The number of aryl methyl sites for hydroxylation is 1. The molecular formula is C18H14ClFN4O3. The first-order chi connectivity index (χ1) is 12.8. The topological polar surface area (TPSA) is 90.1 Å². The third-order valence-corrected chi connectivity index (χ3v) is 4.26. The zero-order valence-corrected chi connectivity index (χ0v) is 14.9. The summed E-state index contributed by atoms with van der Waals surface area (Å²) >= 11 is 6.04. The minimum absolute atomic E-state index is 0.0590. The van der Waals surface area contributed by atoms with Crippen LogP contribution in [0, 0.1) is 22.9 Å². The highest BCUT2D eigenvalue weighted by Gasteiger charge is 2.20. The van der Waals surface area contributed by atoms with Crippen LogP contribution in [0.5, 0.6) is 0 Å². The van der Waals surface area contributed by atoms with Gasteiger partial charge in [-0.1, -0.05) is 29.8 Å². The molecule has 3 rings (SSSR count). The molecule has 7 nitrogen and oxygen atoms in total. The number of hydrogen-bond donors (Lipinski definition) is 1. The molecule has 0 atom stereocenters. The third-order valence-electron chi connectivity index (χ3n) is 3.90. The molecule has 2 aromatic carbocycles. The van der Waals surface area contributed by atoms with Crippen LogP contribution in [0.2, 0.25) is 5.02 Å². The summed E-state index contributed by atoms with van der Waals surface area (Å²) in [6.45, 7) is 2.07. The van der Waals surface area contributed by atoms with E-state index >= 15 is 0 Å². The molecule has 3 aromatic rings. The zero-order chi connectivity index (χ0) is 19.6. The molecule has 0 unspecified atom stereocenters. The van der Waals surface area contributed by atoms with E-state index in [9.17, 15) is 19.3 Å². The van der Waals surface area contributed by atoms with Gasteiger partial charge in [0.1, 0.15) is 11.4 Å². The molecule has 0 aliphatic carbocycles. The Morgan fingerprint density at radius 1 is 1.30 bits per heavy atom. The van der Waals surface area contributed by atoms with E-state index in [1.807, 2.05) is 0 Å². The van der Waals surface area contributed by atoms with E-state index in [2.05, 4.69) is 10.4 Å². The maximum Gasteiger partial charge on any atom is 0.282 e. The molecule has 1 heterocycles. The predicted octanol–water partition coefficient (Wildman–Crippen LogP) is 4.19. The van der Waals surface area contributed by atoms with Crippen molar-refractivity contribution in [2.45, 2.75) is 13.5 Å². The second kappa shape index (κ2) is 7.55. The van der Waals surface area contributed by atoms with Crippen molar-refractivity contribution in [2.24, 2.45) is 0 Å². The molecule has 0 aliphatic heterocycles. The van der Waals surface area contributed by atoms with Crippen molar-refractivity contribution in [2.75, 3.05) is 5.32 Å². The molecule has 0 radical (unpaired) electrons. The van der Waals surface area contributed by atoms with Gasteiger partial charge in [-0.3, -0.25) is 19.6 Å². The first kappa shape index (κ1) is 18.5. The van der Waals surface area contributed by atoms with Gasteiger partial charge in [0, 0.05) is 22.8 Å². The third kappa shape index (κ3) is 4.12. The molecule has 0 aliphatic rings. The molecule has 1 amide bonds. The average molecular weight is 389 g/mol. The number of anilines is 1. The number of aromatic nitrogens is 2. The number of benzene rings is 2. The number of nitro benzene ring substituents is 1. The molecule has 1 aromatic heterocycles. The molecule has 0 bridgehead atoms. The van der Waals surface area contributed by atoms with Gasteiger partial charge in [0.2, 0.25) is 0 Å². The first-order valence-electron chi connectivity index (χ1n) is 7.88. The van der Waals surface area contributed by atoms with E-state index in [1.54, 1.807) is 29.8 Å². The van der Waals surface area contributed by atoms with Crippen LogP contribution in [0.4, 0.5) is 15.9 Å². The highest BCUT2D eigenvalue weighted by molar-refractivity contribution is 6.31. The van der Waals surface area contributed by atoms with Gasteiger partial charge < -0.3 is 5.32 Å². The molecular weight excluding hydrogens is 375 g/mol. The van der Waals surface area contributed by atoms with Crippen LogP contribution < -0.4 is 5.32 Å². The van der Waals surface area contributed by atoms with E-state index in [1.165, 1.54) is 30.3 Å². The highest BCUT2D eigenvalue weighted by Crippen LogP contribution is 2.21. The van der Waals surface area contributed by atoms with Gasteiger partial charge in [0.05, 0.1) is 11.5 Å². The van der Waals surface area contributed by atoms with Crippen molar-refractivity contribution in [3.8, 4) is 0 Å². The van der Waals surface area contributed by atoms with Crippen LogP contribution in [0.1, 0.15) is 21.6 Å². The lowest BCUT2D eigenvalue weighted by Gasteiger charge is -2.07. The summed E-state index contributed by atoms with van der Waals surface area (Å²) in [6.07, 6.45) is 0. The van der Waals surface area contributed by atoms with Crippen LogP contribution in [-0.4, -0.2) is 20.6 Å². The fourth-order valence-corrected chi connectivity index (χ4v) is 2.78. The molecule has 138 valence electrons. The van der Waals surface area contributed by atoms with Gasteiger partial charge in [0.15, 0.2) is 5.82 Å². The van der Waals surface area contributed by atoms with E-state index < -0.39 is 16.6 Å². The SMILES string of the molecule is Cc1cc(NC(=O)c2ccccc2[N+](=O)[O-])nn1Cc1ccc(F)cc1Cl. The summed E-state index contributed by atoms with van der Waals surface area (Å²) in [5, 5.41) is 18.2. The molecule has 0 spiro atoms. The Morgan fingerprint density at radius 2 is 2.04 bits per heavy atom. The van der Waals surface area contributed by atoms with E-state index in [0.717, 1.165) is 5.69 Å². The van der Waals surface area contributed by atoms with E-state index in [-0.39, 0.29) is 28.6 Å². The fraction of sp³-hybridized carbons (Fsp3) is 0.111. The summed E-state index contributed by atoms with van der Waals surface area (Å²) in [6, 6.07) is 11.4. The average Bonchev–Trinajstić information content (AvgIpc) is 2.96. The fourth-order valence-electron chi connectivity index (χ4n) is 2.55. The van der Waals surface area contributed by atoms with Crippen molar-refractivity contribution in [3.63, 3.8) is 0 Å². The van der Waals surface area contributed by atoms with Crippen LogP contribution in [-0.2, 0) is 6.54 Å². The second-order valence-corrected chi connectivity index (χ2v) is 6.20. The highest BCUT2D eigenvalue weighted by atomic mass is 35.5. The Morgan fingerprint density at radius 3 is 2.74 bits per heavy atom. The van der Waals surface area contributed by atoms with Crippen molar-refractivity contribution >= 4 is 29.0 Å². The van der Waals surface area contributed by atoms with Gasteiger partial charge in [-0.2, -0.15) is 5.10 Å². The maximum absolute atomic E-state index is 13.2. The van der Waals surface area contributed by atoms with Crippen molar-refractivity contribution in [1.82, 2.24) is 9.78 Å². The Balaban J connectivity index is 1.81. The van der Waals surface area contributed by atoms with Gasteiger partial charge >= 0.3 is 0 Å². The van der Waals surface area contributed by atoms with Crippen LogP contribution in [0.15, 0.2) is 48.5 Å². The Labute approximate surface area is 158 Å². The lowest BCUT2D eigenvalue weighted by atomic mass is 10.1. The zero-order valence-electron chi connectivity index (χ0n) is 14.1. The monoisotopic (exact) mass is 388 g/mol. The molecule has 0 saturated heterocycles. The number of hydrogen-bond acceptors (Lipinski definition) is 4. The molecule has 9 heteroatoms. The number of para-hydroxylation sites is 1. The smallest absolute Gasteiger partial charge is 0.282 e. The molecule has 0 saturated carbocycles. The van der Waals surface area contributed by atoms with E-state index in [0.29, 0.717) is 5.56 Å². The predicted molar refractivity (Wildman–Crippen MR) is 98.5 cm³/mol. The number of amides is 1. The summed E-state index contributed by atoms with van der Waals surface area (Å²) in [7, 11) is 0. The number of carbonyl (C=O) groups excluding carboxylic acids is 1. The molecule has 27 heavy (non-hydrogen) atoms. The summed E-state index contributed by atoms with van der Waals surface area (Å²) in [5.74, 6) is -0.820. The van der Waals surface area contributed by atoms with Gasteiger partial charge in [0.25, 0.3) is 11.6 Å². The maximum atomic E-state index is 13.2.